The van der Waals surface area contributed by atoms with Gasteiger partial charge in [0.05, 0.1) is 12.8 Å². The van der Waals surface area contributed by atoms with Gasteiger partial charge in [-0.3, -0.25) is 4.68 Å². The Morgan fingerprint density at radius 3 is 2.42 bits per heavy atom. The maximum Gasteiger partial charge on any atom is 0.244 e. The number of benzene rings is 1. The molecule has 0 spiro atoms. The van der Waals surface area contributed by atoms with Gasteiger partial charge in [-0.2, -0.15) is 5.10 Å². The molecule has 1 aromatic heterocycles. The first kappa shape index (κ1) is 18.5. The van der Waals surface area contributed by atoms with Crippen molar-refractivity contribution < 1.29 is 13.2 Å². The van der Waals surface area contributed by atoms with Gasteiger partial charge in [0.25, 0.3) is 0 Å². The maximum absolute atomic E-state index is 12.8. The van der Waals surface area contributed by atoms with Gasteiger partial charge in [-0.15, -0.1) is 0 Å². The largest absolute Gasteiger partial charge is 0.495 e. The van der Waals surface area contributed by atoms with Crippen molar-refractivity contribution in [1.82, 2.24) is 14.5 Å². The first-order valence-corrected chi connectivity index (χ1v) is 9.29. The summed E-state index contributed by atoms with van der Waals surface area (Å²) in [6.07, 6.45) is 1.71. The summed E-state index contributed by atoms with van der Waals surface area (Å²) in [5, 5.41) is 4.31. The molecule has 1 N–H and O–H groups in total. The predicted molar refractivity (Wildman–Crippen MR) is 94.7 cm³/mol. The Hall–Kier alpha value is -1.86. The molecule has 1 aromatic carbocycles. The minimum absolute atomic E-state index is 0.119. The van der Waals surface area contributed by atoms with E-state index in [1.807, 2.05) is 30.7 Å². The van der Waals surface area contributed by atoms with E-state index in [9.17, 15) is 8.42 Å². The standard InChI is InChI=1S/C17H25N3O3S/c1-12(2)20-14(9-10-18-20)13-7-8-15(23-6)16(11-13)24(21,22)19-17(3,4)5/h7-12,19H,1-6H3. The average Bonchev–Trinajstić information content (AvgIpc) is 2.93. The van der Waals surface area contributed by atoms with Crippen molar-refractivity contribution in [3.63, 3.8) is 0 Å². The molecule has 0 aliphatic rings. The first-order chi connectivity index (χ1) is 11.0. The number of nitrogens with zero attached hydrogens (tertiary/aromatic N) is 2. The van der Waals surface area contributed by atoms with E-state index in [1.165, 1.54) is 7.11 Å². The van der Waals surface area contributed by atoms with Crippen LogP contribution >= 0.6 is 0 Å². The molecule has 0 unspecified atom stereocenters. The van der Waals surface area contributed by atoms with Crippen molar-refractivity contribution in [2.24, 2.45) is 0 Å². The number of methoxy groups -OCH3 is 1. The molecule has 7 heteroatoms. The Bertz CT molecular complexity index is 818. The average molecular weight is 351 g/mol. The Morgan fingerprint density at radius 2 is 1.88 bits per heavy atom. The van der Waals surface area contributed by atoms with Crippen LogP contribution in [0.15, 0.2) is 35.4 Å². The molecule has 0 atom stereocenters. The number of hydrogen-bond donors (Lipinski definition) is 1. The van der Waals surface area contributed by atoms with Crippen LogP contribution in [0.1, 0.15) is 40.7 Å². The summed E-state index contributed by atoms with van der Waals surface area (Å²) in [4.78, 5) is 0.119. The zero-order valence-electron chi connectivity index (χ0n) is 15.0. The second-order valence-electron chi connectivity index (χ2n) is 6.98. The first-order valence-electron chi connectivity index (χ1n) is 7.81. The number of hydrogen-bond acceptors (Lipinski definition) is 4. The fourth-order valence-corrected chi connectivity index (χ4v) is 4.07. The van der Waals surface area contributed by atoms with Gasteiger partial charge in [-0.1, -0.05) is 0 Å². The molecule has 0 aliphatic heterocycles. The normalized spacial score (nSPS) is 12.6. The van der Waals surface area contributed by atoms with Crippen molar-refractivity contribution in [2.75, 3.05) is 7.11 Å². The summed E-state index contributed by atoms with van der Waals surface area (Å²) >= 11 is 0. The molecule has 2 rings (SSSR count). The van der Waals surface area contributed by atoms with Crippen LogP contribution in [0.2, 0.25) is 0 Å². The number of ether oxygens (including phenoxy) is 1. The van der Waals surface area contributed by atoms with Crippen LogP contribution in [-0.2, 0) is 10.0 Å². The third-order valence-electron chi connectivity index (χ3n) is 3.35. The highest BCUT2D eigenvalue weighted by molar-refractivity contribution is 7.89. The van der Waals surface area contributed by atoms with E-state index in [0.717, 1.165) is 11.3 Å². The Labute approximate surface area is 143 Å². The van der Waals surface area contributed by atoms with Crippen LogP contribution in [-0.4, -0.2) is 30.8 Å². The highest BCUT2D eigenvalue weighted by atomic mass is 32.2. The lowest BCUT2D eigenvalue weighted by molar-refractivity contribution is 0.401. The van der Waals surface area contributed by atoms with Crippen LogP contribution in [0.5, 0.6) is 5.75 Å². The zero-order valence-corrected chi connectivity index (χ0v) is 15.8. The summed E-state index contributed by atoms with van der Waals surface area (Å²) in [6.45, 7) is 9.45. The Kier molecular flexibility index (Phi) is 5.05. The minimum atomic E-state index is -3.71. The van der Waals surface area contributed by atoms with Gasteiger partial charge in [-0.25, -0.2) is 13.1 Å². The fourth-order valence-electron chi connectivity index (χ4n) is 2.46. The van der Waals surface area contributed by atoms with Gasteiger partial charge in [0.1, 0.15) is 10.6 Å². The van der Waals surface area contributed by atoms with Gasteiger partial charge in [0.15, 0.2) is 0 Å². The molecule has 132 valence electrons. The van der Waals surface area contributed by atoms with E-state index in [1.54, 1.807) is 39.1 Å². The van der Waals surface area contributed by atoms with E-state index in [0.29, 0.717) is 5.75 Å². The summed E-state index contributed by atoms with van der Waals surface area (Å²) in [7, 11) is -2.25. The van der Waals surface area contributed by atoms with Crippen molar-refractivity contribution in [1.29, 1.82) is 0 Å². The fraction of sp³-hybridized carbons (Fsp3) is 0.471. The summed E-state index contributed by atoms with van der Waals surface area (Å²) in [5.74, 6) is 0.311. The molecule has 1 heterocycles. The van der Waals surface area contributed by atoms with Crippen molar-refractivity contribution in [3.05, 3.63) is 30.5 Å². The van der Waals surface area contributed by atoms with Gasteiger partial charge in [-0.05, 0) is 58.9 Å². The third kappa shape index (κ3) is 3.96. The predicted octanol–water partition coefficient (Wildman–Crippen LogP) is 3.22. The highest BCUT2D eigenvalue weighted by Gasteiger charge is 2.26. The van der Waals surface area contributed by atoms with E-state index < -0.39 is 15.6 Å². The second-order valence-corrected chi connectivity index (χ2v) is 8.63. The third-order valence-corrected chi connectivity index (χ3v) is 5.13. The summed E-state index contributed by atoms with van der Waals surface area (Å²) in [5.41, 5.74) is 1.05. The van der Waals surface area contributed by atoms with E-state index in [2.05, 4.69) is 9.82 Å². The molecule has 0 saturated heterocycles. The molecule has 6 nitrogen and oxygen atoms in total. The highest BCUT2D eigenvalue weighted by Crippen LogP contribution is 2.31. The van der Waals surface area contributed by atoms with Crippen LogP contribution in [0, 0.1) is 0 Å². The number of sulfonamides is 1. The second kappa shape index (κ2) is 6.57. The SMILES string of the molecule is COc1ccc(-c2ccnn2C(C)C)cc1S(=O)(=O)NC(C)(C)C. The smallest absolute Gasteiger partial charge is 0.244 e. The van der Waals surface area contributed by atoms with Crippen LogP contribution in [0.4, 0.5) is 0 Å². The topological polar surface area (TPSA) is 73.2 Å². The monoisotopic (exact) mass is 351 g/mol. The number of nitrogens with one attached hydrogen (secondary N) is 1. The van der Waals surface area contributed by atoms with Gasteiger partial charge >= 0.3 is 0 Å². The van der Waals surface area contributed by atoms with Crippen molar-refractivity contribution >= 4 is 10.0 Å². The lowest BCUT2D eigenvalue weighted by Crippen LogP contribution is -2.40. The van der Waals surface area contributed by atoms with E-state index in [-0.39, 0.29) is 10.9 Å². The molecule has 0 bridgehead atoms. The molecule has 0 saturated carbocycles. The molecule has 0 fully saturated rings. The van der Waals surface area contributed by atoms with Crippen molar-refractivity contribution in [2.45, 2.75) is 51.1 Å². The molecule has 24 heavy (non-hydrogen) atoms. The zero-order chi connectivity index (χ0) is 18.1. The quantitative estimate of drug-likeness (QED) is 0.898. The molecular weight excluding hydrogens is 326 g/mol. The molecular formula is C17H25N3O3S. The maximum atomic E-state index is 12.8. The van der Waals surface area contributed by atoms with Crippen molar-refractivity contribution in [3.8, 4) is 17.0 Å². The van der Waals surface area contributed by atoms with Crippen LogP contribution in [0.3, 0.4) is 0 Å². The number of rotatable bonds is 5. The minimum Gasteiger partial charge on any atom is -0.495 e. The van der Waals surface area contributed by atoms with Crippen LogP contribution in [0.25, 0.3) is 11.3 Å². The van der Waals surface area contributed by atoms with Crippen LogP contribution < -0.4 is 9.46 Å². The lowest BCUT2D eigenvalue weighted by Gasteiger charge is -2.21. The molecule has 0 radical (unpaired) electrons. The lowest BCUT2D eigenvalue weighted by atomic mass is 10.1. The van der Waals surface area contributed by atoms with E-state index >= 15 is 0 Å². The summed E-state index contributed by atoms with van der Waals surface area (Å²) < 4.78 is 35.3. The van der Waals surface area contributed by atoms with E-state index in [4.69, 9.17) is 4.74 Å². The Morgan fingerprint density at radius 1 is 1.21 bits per heavy atom. The van der Waals surface area contributed by atoms with Gasteiger partial charge in [0, 0.05) is 23.3 Å². The molecule has 0 aliphatic carbocycles. The van der Waals surface area contributed by atoms with Gasteiger partial charge in [0.2, 0.25) is 10.0 Å². The Balaban J connectivity index is 2.59. The van der Waals surface area contributed by atoms with Gasteiger partial charge < -0.3 is 4.74 Å². The number of aromatic nitrogens is 2. The molecule has 0 amide bonds. The molecule has 2 aromatic rings. The summed E-state index contributed by atoms with van der Waals surface area (Å²) in [6, 6.07) is 7.18.